The van der Waals surface area contributed by atoms with E-state index in [1.807, 2.05) is 18.2 Å². The van der Waals surface area contributed by atoms with Gasteiger partial charge in [-0.25, -0.2) is 4.39 Å². The lowest BCUT2D eigenvalue weighted by Gasteiger charge is -1.96. The number of pyridine rings is 1. The molecule has 0 bridgehead atoms. The topological polar surface area (TPSA) is 41.6 Å². The molecule has 0 aliphatic rings. The molecule has 0 spiro atoms. The molecule has 0 saturated heterocycles. The Balaban J connectivity index is 2.26. The summed E-state index contributed by atoms with van der Waals surface area (Å²) in [7, 11) is 0. The second-order valence-corrected chi connectivity index (χ2v) is 3.48. The first-order valence-corrected chi connectivity index (χ1v) is 4.89. The molecule has 0 amide bonds. The van der Waals surface area contributed by atoms with E-state index in [1.165, 1.54) is 12.1 Å². The number of hydrogen-bond donors (Lipinski definition) is 1. The van der Waals surface area contributed by atoms with Crippen molar-refractivity contribution in [3.05, 3.63) is 48.4 Å². The van der Waals surface area contributed by atoms with Crippen LogP contribution in [0.5, 0.6) is 0 Å². The highest BCUT2D eigenvalue weighted by atomic mass is 19.1. The van der Waals surface area contributed by atoms with E-state index in [2.05, 4.69) is 15.2 Å². The molecule has 0 saturated carbocycles. The third-order valence-electron chi connectivity index (χ3n) is 2.42. The Bertz CT molecular complexity index is 645. The minimum atomic E-state index is -0.274. The van der Waals surface area contributed by atoms with Crippen molar-refractivity contribution >= 4 is 11.0 Å². The van der Waals surface area contributed by atoms with Gasteiger partial charge in [0.15, 0.2) is 0 Å². The highest BCUT2D eigenvalue weighted by molar-refractivity contribution is 5.89. The number of nitrogens with zero attached hydrogens (tertiary/aromatic N) is 2. The Morgan fingerprint density at radius 1 is 1.12 bits per heavy atom. The van der Waals surface area contributed by atoms with Gasteiger partial charge in [0.25, 0.3) is 0 Å². The summed E-state index contributed by atoms with van der Waals surface area (Å²) in [6.07, 6.45) is 1.70. The number of aromatic nitrogens is 3. The van der Waals surface area contributed by atoms with Crippen molar-refractivity contribution in [3.8, 4) is 11.3 Å². The third kappa shape index (κ3) is 1.35. The van der Waals surface area contributed by atoms with Crippen molar-refractivity contribution < 1.29 is 4.39 Å². The lowest BCUT2D eigenvalue weighted by molar-refractivity contribution is 0.628. The Hall–Kier alpha value is -2.23. The van der Waals surface area contributed by atoms with Gasteiger partial charge in [0.1, 0.15) is 17.0 Å². The lowest BCUT2D eigenvalue weighted by atomic mass is 10.1. The smallest absolute Gasteiger partial charge is 0.123 e. The van der Waals surface area contributed by atoms with E-state index in [0.29, 0.717) is 5.69 Å². The van der Waals surface area contributed by atoms with Gasteiger partial charge in [-0.3, -0.25) is 10.1 Å². The first-order chi connectivity index (χ1) is 7.84. The van der Waals surface area contributed by atoms with E-state index in [-0.39, 0.29) is 5.82 Å². The van der Waals surface area contributed by atoms with Gasteiger partial charge >= 0.3 is 0 Å². The third-order valence-corrected chi connectivity index (χ3v) is 2.42. The number of H-pyrrole nitrogens is 1. The normalized spacial score (nSPS) is 10.8. The first-order valence-electron chi connectivity index (χ1n) is 4.89. The molecule has 2 aromatic heterocycles. The van der Waals surface area contributed by atoms with Crippen LogP contribution in [0.2, 0.25) is 0 Å². The summed E-state index contributed by atoms with van der Waals surface area (Å²) in [5.41, 5.74) is 3.01. The Labute approximate surface area is 91.0 Å². The standard InChI is InChI=1S/C12H8FN3/c13-9-4-1-3-8(7-9)11-12-10(15-16-11)5-2-6-14-12/h1-7H,(H,15,16). The number of hydrogen-bond acceptors (Lipinski definition) is 2. The van der Waals surface area contributed by atoms with Gasteiger partial charge < -0.3 is 0 Å². The van der Waals surface area contributed by atoms with Crippen LogP contribution in [0, 0.1) is 5.82 Å². The fourth-order valence-electron chi connectivity index (χ4n) is 1.69. The molecule has 1 N–H and O–H groups in total. The molecule has 0 atom stereocenters. The maximum absolute atomic E-state index is 13.1. The van der Waals surface area contributed by atoms with Crippen LogP contribution in [-0.2, 0) is 0 Å². The zero-order valence-electron chi connectivity index (χ0n) is 8.31. The summed E-state index contributed by atoms with van der Waals surface area (Å²) in [6.45, 7) is 0. The second kappa shape index (κ2) is 3.41. The van der Waals surface area contributed by atoms with Crippen molar-refractivity contribution in [1.29, 1.82) is 0 Å². The number of halogens is 1. The number of fused-ring (bicyclic) bond motifs is 1. The van der Waals surface area contributed by atoms with Gasteiger partial charge in [-0.1, -0.05) is 12.1 Å². The van der Waals surface area contributed by atoms with Gasteiger partial charge in [0.2, 0.25) is 0 Å². The predicted molar refractivity (Wildman–Crippen MR) is 59.3 cm³/mol. The van der Waals surface area contributed by atoms with Crippen molar-refractivity contribution in [3.63, 3.8) is 0 Å². The van der Waals surface area contributed by atoms with E-state index in [4.69, 9.17) is 0 Å². The summed E-state index contributed by atoms with van der Waals surface area (Å²) in [5, 5.41) is 7.02. The van der Waals surface area contributed by atoms with E-state index in [9.17, 15) is 4.39 Å². The number of rotatable bonds is 1. The number of aromatic amines is 1. The molecule has 3 rings (SSSR count). The average Bonchev–Trinajstić information content (AvgIpc) is 2.72. The molecule has 0 fully saturated rings. The summed E-state index contributed by atoms with van der Waals surface area (Å²) in [6, 6.07) is 10.0. The minimum absolute atomic E-state index is 0.274. The Kier molecular flexibility index (Phi) is 1.93. The fourth-order valence-corrected chi connectivity index (χ4v) is 1.69. The highest BCUT2D eigenvalue weighted by Crippen LogP contribution is 2.24. The first kappa shape index (κ1) is 9.03. The van der Waals surface area contributed by atoms with Crippen LogP contribution in [0.25, 0.3) is 22.3 Å². The molecule has 3 nitrogen and oxygen atoms in total. The van der Waals surface area contributed by atoms with Crippen LogP contribution in [0.1, 0.15) is 0 Å². The molecule has 1 aromatic carbocycles. The average molecular weight is 213 g/mol. The second-order valence-electron chi connectivity index (χ2n) is 3.48. The van der Waals surface area contributed by atoms with Crippen molar-refractivity contribution in [2.45, 2.75) is 0 Å². The highest BCUT2D eigenvalue weighted by Gasteiger charge is 2.08. The monoisotopic (exact) mass is 213 g/mol. The minimum Gasteiger partial charge on any atom is -0.276 e. The molecular weight excluding hydrogens is 205 g/mol. The lowest BCUT2D eigenvalue weighted by Crippen LogP contribution is -1.82. The molecule has 16 heavy (non-hydrogen) atoms. The van der Waals surface area contributed by atoms with Crippen molar-refractivity contribution in [1.82, 2.24) is 15.2 Å². The molecule has 3 aromatic rings. The van der Waals surface area contributed by atoms with Crippen LogP contribution in [0.3, 0.4) is 0 Å². The van der Waals surface area contributed by atoms with Crippen molar-refractivity contribution in [2.24, 2.45) is 0 Å². The molecule has 0 aliphatic carbocycles. The number of nitrogens with one attached hydrogen (secondary N) is 1. The number of benzene rings is 1. The van der Waals surface area contributed by atoms with Gasteiger partial charge in [0, 0.05) is 11.8 Å². The van der Waals surface area contributed by atoms with Gasteiger partial charge in [-0.2, -0.15) is 5.10 Å². The fraction of sp³-hybridized carbons (Fsp3) is 0. The molecule has 78 valence electrons. The molecule has 0 radical (unpaired) electrons. The van der Waals surface area contributed by atoms with Crippen LogP contribution in [-0.4, -0.2) is 15.2 Å². The summed E-state index contributed by atoms with van der Waals surface area (Å²) in [4.78, 5) is 4.23. The van der Waals surface area contributed by atoms with Gasteiger partial charge in [-0.05, 0) is 24.3 Å². The quantitative estimate of drug-likeness (QED) is 0.675. The van der Waals surface area contributed by atoms with Gasteiger partial charge in [0.05, 0.1) is 5.52 Å². The Morgan fingerprint density at radius 3 is 2.94 bits per heavy atom. The van der Waals surface area contributed by atoms with E-state index >= 15 is 0 Å². The van der Waals surface area contributed by atoms with E-state index < -0.39 is 0 Å². The largest absolute Gasteiger partial charge is 0.276 e. The predicted octanol–water partition coefficient (Wildman–Crippen LogP) is 2.76. The molecule has 0 unspecified atom stereocenters. The summed E-state index contributed by atoms with van der Waals surface area (Å²) < 4.78 is 13.1. The molecule has 4 heteroatoms. The van der Waals surface area contributed by atoms with Crippen LogP contribution >= 0.6 is 0 Å². The van der Waals surface area contributed by atoms with Gasteiger partial charge in [-0.15, -0.1) is 0 Å². The van der Waals surface area contributed by atoms with E-state index in [0.717, 1.165) is 16.6 Å². The van der Waals surface area contributed by atoms with Crippen LogP contribution in [0.4, 0.5) is 4.39 Å². The molecular formula is C12H8FN3. The zero-order chi connectivity index (χ0) is 11.0. The Morgan fingerprint density at radius 2 is 2.06 bits per heavy atom. The zero-order valence-corrected chi connectivity index (χ0v) is 8.31. The molecule has 2 heterocycles. The summed E-state index contributed by atoms with van der Waals surface area (Å²) >= 11 is 0. The maximum atomic E-state index is 13.1. The summed E-state index contributed by atoms with van der Waals surface area (Å²) in [5.74, 6) is -0.274. The van der Waals surface area contributed by atoms with Crippen LogP contribution in [0.15, 0.2) is 42.6 Å². The van der Waals surface area contributed by atoms with E-state index in [1.54, 1.807) is 12.3 Å². The maximum Gasteiger partial charge on any atom is 0.123 e. The van der Waals surface area contributed by atoms with Crippen molar-refractivity contribution in [2.75, 3.05) is 0 Å². The van der Waals surface area contributed by atoms with Crippen LogP contribution < -0.4 is 0 Å². The SMILES string of the molecule is Fc1cccc(-c2n[nH]c3cccnc23)c1. The molecule has 0 aliphatic heterocycles.